The number of para-hydroxylation sites is 1. The molecule has 0 amide bonds. The van der Waals surface area contributed by atoms with Crippen molar-refractivity contribution in [1.29, 1.82) is 0 Å². The molecule has 1 heterocycles. The fourth-order valence-corrected chi connectivity index (χ4v) is 2.38. The molecule has 0 aliphatic carbocycles. The molecule has 0 spiro atoms. The number of rotatable bonds is 4. The van der Waals surface area contributed by atoms with Crippen LogP contribution in [0.1, 0.15) is 26.2 Å². The Bertz CT molecular complexity index is 341. The number of benzene rings is 1. The molecule has 1 fully saturated rings. The van der Waals surface area contributed by atoms with Crippen LogP contribution in [0.2, 0.25) is 0 Å². The lowest BCUT2D eigenvalue weighted by molar-refractivity contribution is -0.0150. The van der Waals surface area contributed by atoms with Gasteiger partial charge in [0.25, 0.3) is 0 Å². The SMILES string of the molecule is CCCCC1C[N+]([O-])(c2ccccc2)CCO1. The van der Waals surface area contributed by atoms with E-state index >= 15 is 0 Å². The minimum atomic E-state index is -0.227. The van der Waals surface area contributed by atoms with Crippen molar-refractivity contribution in [1.82, 2.24) is 4.65 Å². The molecule has 2 atom stereocenters. The highest BCUT2D eigenvalue weighted by atomic mass is 16.6. The summed E-state index contributed by atoms with van der Waals surface area (Å²) in [6, 6.07) is 9.67. The highest BCUT2D eigenvalue weighted by molar-refractivity contribution is 5.43. The largest absolute Gasteiger partial charge is 0.627 e. The maximum atomic E-state index is 12.8. The summed E-state index contributed by atoms with van der Waals surface area (Å²) in [5.41, 5.74) is 0.859. The normalized spacial score (nSPS) is 29.2. The predicted octanol–water partition coefficient (Wildman–Crippen LogP) is 3.08. The van der Waals surface area contributed by atoms with Crippen molar-refractivity contribution >= 4 is 5.69 Å². The van der Waals surface area contributed by atoms with E-state index < -0.39 is 0 Å². The zero-order valence-corrected chi connectivity index (χ0v) is 10.5. The van der Waals surface area contributed by atoms with E-state index in [-0.39, 0.29) is 10.8 Å². The Morgan fingerprint density at radius 2 is 2.12 bits per heavy atom. The van der Waals surface area contributed by atoms with Crippen LogP contribution in [-0.4, -0.2) is 25.8 Å². The summed E-state index contributed by atoms with van der Waals surface area (Å²) in [4.78, 5) is 0. The number of hydrogen-bond acceptors (Lipinski definition) is 2. The van der Waals surface area contributed by atoms with E-state index in [1.807, 2.05) is 30.3 Å². The Hall–Kier alpha value is -0.900. The van der Waals surface area contributed by atoms with Gasteiger partial charge in [0, 0.05) is 0 Å². The van der Waals surface area contributed by atoms with Gasteiger partial charge in [-0.15, -0.1) is 0 Å². The lowest BCUT2D eigenvalue weighted by atomic mass is 10.1. The van der Waals surface area contributed by atoms with Gasteiger partial charge in [-0.1, -0.05) is 38.0 Å². The summed E-state index contributed by atoms with van der Waals surface area (Å²) in [5, 5.41) is 12.8. The first-order valence-corrected chi connectivity index (χ1v) is 6.50. The van der Waals surface area contributed by atoms with Crippen LogP contribution in [0.4, 0.5) is 5.69 Å². The van der Waals surface area contributed by atoms with Gasteiger partial charge in [0.1, 0.15) is 24.9 Å². The Morgan fingerprint density at radius 1 is 1.35 bits per heavy atom. The molecule has 1 aliphatic heterocycles. The van der Waals surface area contributed by atoms with Crippen molar-refractivity contribution in [3.63, 3.8) is 0 Å². The number of nitrogens with zero attached hydrogens (tertiary/aromatic N) is 1. The molecule has 2 rings (SSSR count). The number of unbranched alkanes of at least 4 members (excludes halogenated alkanes) is 1. The lowest BCUT2D eigenvalue weighted by Crippen LogP contribution is -2.55. The van der Waals surface area contributed by atoms with Crippen molar-refractivity contribution in [2.24, 2.45) is 0 Å². The van der Waals surface area contributed by atoms with Gasteiger partial charge in [-0.25, -0.2) is 0 Å². The molecule has 3 nitrogen and oxygen atoms in total. The van der Waals surface area contributed by atoms with Crippen molar-refractivity contribution in [2.45, 2.75) is 32.3 Å². The lowest BCUT2D eigenvalue weighted by Gasteiger charge is -2.47. The minimum Gasteiger partial charge on any atom is -0.627 e. The molecule has 0 bridgehead atoms. The van der Waals surface area contributed by atoms with E-state index in [9.17, 15) is 5.21 Å². The summed E-state index contributed by atoms with van der Waals surface area (Å²) in [7, 11) is 0. The fraction of sp³-hybridized carbons (Fsp3) is 0.571. The number of morpholine rings is 1. The summed E-state index contributed by atoms with van der Waals surface area (Å²) in [6.45, 7) is 3.84. The summed E-state index contributed by atoms with van der Waals surface area (Å²) in [6.07, 6.45) is 3.43. The van der Waals surface area contributed by atoms with E-state index in [2.05, 4.69) is 6.92 Å². The molecule has 0 radical (unpaired) electrons. The van der Waals surface area contributed by atoms with Crippen LogP contribution in [0, 0.1) is 5.21 Å². The van der Waals surface area contributed by atoms with E-state index in [4.69, 9.17) is 4.74 Å². The predicted molar refractivity (Wildman–Crippen MR) is 70.6 cm³/mol. The zero-order chi connectivity index (χ0) is 12.1. The van der Waals surface area contributed by atoms with Gasteiger partial charge in [0.05, 0.1) is 6.61 Å². The highest BCUT2D eigenvalue weighted by Gasteiger charge is 2.30. The van der Waals surface area contributed by atoms with Crippen LogP contribution in [0.3, 0.4) is 0 Å². The first kappa shape index (κ1) is 12.6. The number of quaternary nitrogens is 1. The van der Waals surface area contributed by atoms with E-state index in [0.29, 0.717) is 19.7 Å². The molecule has 1 saturated heterocycles. The standard InChI is InChI=1S/C14H21NO2/c1-2-3-9-14-12-15(16,10-11-17-14)13-7-5-4-6-8-13/h4-8,14H,2-3,9-12H2,1H3. The van der Waals surface area contributed by atoms with Crippen molar-refractivity contribution in [3.05, 3.63) is 35.5 Å². The quantitative estimate of drug-likeness (QED) is 0.593. The Morgan fingerprint density at radius 3 is 2.82 bits per heavy atom. The van der Waals surface area contributed by atoms with Gasteiger partial charge in [-0.2, -0.15) is 0 Å². The molecule has 3 heteroatoms. The number of hydroxylamine groups is 2. The second kappa shape index (κ2) is 5.63. The van der Waals surface area contributed by atoms with Crippen LogP contribution in [0.25, 0.3) is 0 Å². The Labute approximate surface area is 103 Å². The average molecular weight is 235 g/mol. The van der Waals surface area contributed by atoms with Gasteiger partial charge < -0.3 is 14.6 Å². The summed E-state index contributed by atoms with van der Waals surface area (Å²) < 4.78 is 5.45. The van der Waals surface area contributed by atoms with Crippen molar-refractivity contribution < 1.29 is 4.74 Å². The van der Waals surface area contributed by atoms with Gasteiger partial charge in [0.2, 0.25) is 0 Å². The van der Waals surface area contributed by atoms with Crippen LogP contribution >= 0.6 is 0 Å². The first-order chi connectivity index (χ1) is 8.24. The van der Waals surface area contributed by atoms with Gasteiger partial charge in [0.15, 0.2) is 0 Å². The molecule has 0 saturated carbocycles. The number of ether oxygens (including phenoxy) is 1. The van der Waals surface area contributed by atoms with Crippen molar-refractivity contribution in [3.8, 4) is 0 Å². The third kappa shape index (κ3) is 3.06. The molecule has 1 aromatic carbocycles. The zero-order valence-electron chi connectivity index (χ0n) is 10.5. The maximum Gasteiger partial charge on any atom is 0.132 e. The van der Waals surface area contributed by atoms with Crippen LogP contribution in [0.5, 0.6) is 0 Å². The van der Waals surface area contributed by atoms with Crippen molar-refractivity contribution in [2.75, 3.05) is 19.7 Å². The van der Waals surface area contributed by atoms with E-state index in [1.165, 1.54) is 0 Å². The number of hydrogen-bond donors (Lipinski definition) is 0. The topological polar surface area (TPSA) is 32.3 Å². The first-order valence-electron chi connectivity index (χ1n) is 6.50. The Balaban J connectivity index is 2.04. The monoisotopic (exact) mass is 235 g/mol. The maximum absolute atomic E-state index is 12.8. The van der Waals surface area contributed by atoms with Crippen LogP contribution in [0.15, 0.2) is 30.3 Å². The third-order valence-corrected chi connectivity index (χ3v) is 3.41. The minimum absolute atomic E-state index is 0.126. The molecule has 1 aromatic rings. The van der Waals surface area contributed by atoms with Gasteiger partial charge >= 0.3 is 0 Å². The van der Waals surface area contributed by atoms with Crippen LogP contribution < -0.4 is 4.65 Å². The molecule has 2 unspecified atom stereocenters. The summed E-state index contributed by atoms with van der Waals surface area (Å²) in [5.74, 6) is 0. The molecule has 94 valence electrons. The molecule has 1 aliphatic rings. The van der Waals surface area contributed by atoms with Crippen LogP contribution in [-0.2, 0) is 4.74 Å². The fourth-order valence-electron chi connectivity index (χ4n) is 2.38. The molecular formula is C14H21NO2. The third-order valence-electron chi connectivity index (χ3n) is 3.41. The van der Waals surface area contributed by atoms with Gasteiger partial charge in [-0.3, -0.25) is 0 Å². The van der Waals surface area contributed by atoms with Gasteiger partial charge in [-0.05, 0) is 18.6 Å². The second-order valence-electron chi connectivity index (χ2n) is 4.77. The second-order valence-corrected chi connectivity index (χ2v) is 4.77. The molecule has 0 N–H and O–H groups in total. The van der Waals surface area contributed by atoms with E-state index in [1.54, 1.807) is 0 Å². The Kier molecular flexibility index (Phi) is 4.15. The molecule has 17 heavy (non-hydrogen) atoms. The average Bonchev–Trinajstić information content (AvgIpc) is 2.38. The van der Waals surface area contributed by atoms with E-state index in [0.717, 1.165) is 24.9 Å². The molecular weight excluding hydrogens is 214 g/mol. The molecule has 0 aromatic heterocycles. The summed E-state index contributed by atoms with van der Waals surface area (Å²) >= 11 is 0. The highest BCUT2D eigenvalue weighted by Crippen LogP contribution is 2.26. The smallest absolute Gasteiger partial charge is 0.132 e.